The Morgan fingerprint density at radius 1 is 0.947 bits per heavy atom. The van der Waals surface area contributed by atoms with E-state index in [0.29, 0.717) is 16.0 Å². The van der Waals surface area contributed by atoms with Crippen molar-refractivity contribution in [1.82, 2.24) is 4.90 Å². The van der Waals surface area contributed by atoms with Crippen molar-refractivity contribution >= 4 is 35.6 Å². The second-order valence-electron chi connectivity index (χ2n) is 5.52. The summed E-state index contributed by atoms with van der Waals surface area (Å²) in [4.78, 5) is 2.68. The average molecular weight is 321 g/mol. The summed E-state index contributed by atoms with van der Waals surface area (Å²) in [6.07, 6.45) is 6.68. The van der Waals surface area contributed by atoms with Gasteiger partial charge in [-0.2, -0.15) is 0 Å². The highest BCUT2D eigenvalue weighted by atomic mass is 35.5. The number of fused-ring (bicyclic) bond motifs is 1. The summed E-state index contributed by atoms with van der Waals surface area (Å²) < 4.78 is 0. The zero-order valence-electron chi connectivity index (χ0n) is 10.9. The molecule has 1 nitrogen and oxygen atoms in total. The average Bonchev–Trinajstić information content (AvgIpc) is 2.41. The number of halogens is 3. The van der Waals surface area contributed by atoms with Gasteiger partial charge in [0.2, 0.25) is 0 Å². The van der Waals surface area contributed by atoms with Crippen LogP contribution in [0.25, 0.3) is 0 Å². The summed E-state index contributed by atoms with van der Waals surface area (Å²) in [5, 5.41) is 1.36. The smallest absolute Gasteiger partial charge is 0.0595 e. The van der Waals surface area contributed by atoms with Gasteiger partial charge in [0, 0.05) is 6.04 Å². The Morgan fingerprint density at radius 3 is 2.53 bits per heavy atom. The fraction of sp³-hybridized carbons (Fsp3) is 0.600. The van der Waals surface area contributed by atoms with Gasteiger partial charge in [-0.15, -0.1) is 12.4 Å². The molecule has 0 saturated carbocycles. The Morgan fingerprint density at radius 2 is 1.74 bits per heavy atom. The topological polar surface area (TPSA) is 3.24 Å². The normalized spacial score (nSPS) is 27.5. The van der Waals surface area contributed by atoms with E-state index >= 15 is 0 Å². The zero-order chi connectivity index (χ0) is 12.5. The van der Waals surface area contributed by atoms with Crippen molar-refractivity contribution in [2.24, 2.45) is 0 Å². The maximum Gasteiger partial charge on any atom is 0.0595 e. The van der Waals surface area contributed by atoms with Crippen molar-refractivity contribution < 1.29 is 0 Å². The molecule has 2 fully saturated rings. The molecule has 2 aliphatic rings. The van der Waals surface area contributed by atoms with Gasteiger partial charge in [0.05, 0.1) is 10.0 Å². The number of benzene rings is 1. The number of hydrogen-bond acceptors (Lipinski definition) is 1. The van der Waals surface area contributed by atoms with Crippen LogP contribution in [-0.2, 0) is 0 Å². The maximum absolute atomic E-state index is 6.16. The fourth-order valence-electron chi connectivity index (χ4n) is 3.59. The second-order valence-corrected chi connectivity index (χ2v) is 6.34. The number of rotatable bonds is 1. The van der Waals surface area contributed by atoms with Crippen molar-refractivity contribution in [1.29, 1.82) is 0 Å². The SMILES string of the molecule is Cl.Clc1ccc([C@@H]2CCCN3CCCC[C@H]23)cc1Cl. The van der Waals surface area contributed by atoms with Crippen LogP contribution in [0.4, 0.5) is 0 Å². The van der Waals surface area contributed by atoms with E-state index in [9.17, 15) is 0 Å². The number of hydrogen-bond donors (Lipinski definition) is 0. The van der Waals surface area contributed by atoms with E-state index < -0.39 is 0 Å². The van der Waals surface area contributed by atoms with Crippen molar-refractivity contribution in [3.05, 3.63) is 33.8 Å². The number of nitrogens with zero attached hydrogens (tertiary/aromatic N) is 1. The zero-order valence-corrected chi connectivity index (χ0v) is 13.3. The van der Waals surface area contributed by atoms with Gasteiger partial charge in [-0.25, -0.2) is 0 Å². The summed E-state index contributed by atoms with van der Waals surface area (Å²) in [6, 6.07) is 6.91. The minimum absolute atomic E-state index is 0. The highest BCUT2D eigenvalue weighted by molar-refractivity contribution is 6.42. The molecule has 1 aromatic carbocycles. The molecule has 19 heavy (non-hydrogen) atoms. The van der Waals surface area contributed by atoms with Gasteiger partial charge in [-0.05, 0) is 62.4 Å². The van der Waals surface area contributed by atoms with Crippen molar-refractivity contribution in [2.75, 3.05) is 13.1 Å². The molecule has 3 rings (SSSR count). The third-order valence-corrected chi connectivity index (χ3v) is 5.20. The van der Waals surface area contributed by atoms with Crippen LogP contribution in [0, 0.1) is 0 Å². The van der Waals surface area contributed by atoms with Gasteiger partial charge in [0.1, 0.15) is 0 Å². The van der Waals surface area contributed by atoms with E-state index in [1.54, 1.807) is 0 Å². The molecule has 1 aromatic rings. The Hall–Kier alpha value is 0.0500. The molecule has 0 amide bonds. The molecule has 2 saturated heterocycles. The highest BCUT2D eigenvalue weighted by Crippen LogP contribution is 2.39. The molecule has 0 bridgehead atoms. The van der Waals surface area contributed by atoms with E-state index in [0.717, 1.165) is 6.04 Å². The molecule has 0 aromatic heterocycles. The Labute approximate surface area is 131 Å². The van der Waals surface area contributed by atoms with Gasteiger partial charge >= 0.3 is 0 Å². The van der Waals surface area contributed by atoms with Crippen LogP contribution in [-0.4, -0.2) is 24.0 Å². The number of piperidine rings is 2. The van der Waals surface area contributed by atoms with Crippen LogP contribution < -0.4 is 0 Å². The van der Waals surface area contributed by atoms with Crippen molar-refractivity contribution in [3.8, 4) is 0 Å². The lowest BCUT2D eigenvalue weighted by Gasteiger charge is -2.44. The molecular formula is C15H20Cl3N. The molecule has 2 aliphatic heterocycles. The summed E-state index contributed by atoms with van der Waals surface area (Å²) >= 11 is 12.2. The van der Waals surface area contributed by atoms with Crippen molar-refractivity contribution in [3.63, 3.8) is 0 Å². The standard InChI is InChI=1S/C15H19Cl2N.ClH/c16-13-7-6-11(10-14(13)17)12-4-3-9-18-8-2-1-5-15(12)18;/h6-7,10,12,15H,1-5,8-9H2;1H/t12-,15+;/m0./s1. The lowest BCUT2D eigenvalue weighted by molar-refractivity contribution is 0.0894. The summed E-state index contributed by atoms with van der Waals surface area (Å²) in [5.74, 6) is 0.647. The van der Waals surface area contributed by atoms with Gasteiger partial charge in [0.15, 0.2) is 0 Å². The molecule has 0 aliphatic carbocycles. The Balaban J connectivity index is 0.00000133. The molecule has 106 valence electrons. The first kappa shape index (κ1) is 15.4. The first-order valence-electron chi connectivity index (χ1n) is 6.95. The first-order valence-corrected chi connectivity index (χ1v) is 7.70. The minimum Gasteiger partial charge on any atom is -0.300 e. The van der Waals surface area contributed by atoms with E-state index in [1.165, 1.54) is 50.8 Å². The van der Waals surface area contributed by atoms with Crippen LogP contribution in [0.1, 0.15) is 43.6 Å². The largest absolute Gasteiger partial charge is 0.300 e. The predicted octanol–water partition coefficient (Wildman–Crippen LogP) is 5.15. The predicted molar refractivity (Wildman–Crippen MR) is 84.9 cm³/mol. The maximum atomic E-state index is 6.16. The molecule has 0 spiro atoms. The van der Waals surface area contributed by atoms with Crippen molar-refractivity contribution in [2.45, 2.75) is 44.1 Å². The first-order chi connectivity index (χ1) is 8.75. The second kappa shape index (κ2) is 6.67. The van der Waals surface area contributed by atoms with E-state index in [4.69, 9.17) is 23.2 Å². The van der Waals surface area contributed by atoms with Crippen LogP contribution in [0.15, 0.2) is 18.2 Å². The lowest BCUT2D eigenvalue weighted by Crippen LogP contribution is -2.46. The van der Waals surface area contributed by atoms with Gasteiger partial charge in [-0.1, -0.05) is 35.7 Å². The quantitative estimate of drug-likeness (QED) is 0.692. The fourth-order valence-corrected chi connectivity index (χ4v) is 3.90. The Kier molecular flexibility index (Phi) is 5.42. The Bertz CT molecular complexity index is 433. The van der Waals surface area contributed by atoms with Crippen LogP contribution in [0.2, 0.25) is 10.0 Å². The molecule has 0 unspecified atom stereocenters. The highest BCUT2D eigenvalue weighted by Gasteiger charge is 2.33. The summed E-state index contributed by atoms with van der Waals surface area (Å²) in [7, 11) is 0. The van der Waals surface area contributed by atoms with Gasteiger partial charge in [0.25, 0.3) is 0 Å². The van der Waals surface area contributed by atoms with E-state index in [-0.39, 0.29) is 12.4 Å². The monoisotopic (exact) mass is 319 g/mol. The van der Waals surface area contributed by atoms with E-state index in [2.05, 4.69) is 17.0 Å². The van der Waals surface area contributed by atoms with Crippen LogP contribution >= 0.6 is 35.6 Å². The molecule has 2 heterocycles. The third-order valence-electron chi connectivity index (χ3n) is 4.46. The molecule has 0 N–H and O–H groups in total. The van der Waals surface area contributed by atoms with Gasteiger partial charge < -0.3 is 0 Å². The van der Waals surface area contributed by atoms with Crippen LogP contribution in [0.5, 0.6) is 0 Å². The summed E-state index contributed by atoms with van der Waals surface area (Å²) in [5.41, 5.74) is 1.38. The van der Waals surface area contributed by atoms with Gasteiger partial charge in [-0.3, -0.25) is 4.90 Å². The molecule has 0 radical (unpaired) electrons. The molecular weight excluding hydrogens is 301 g/mol. The summed E-state index contributed by atoms with van der Waals surface area (Å²) in [6.45, 7) is 2.56. The van der Waals surface area contributed by atoms with E-state index in [1.807, 2.05) is 6.07 Å². The molecule has 2 atom stereocenters. The lowest BCUT2D eigenvalue weighted by atomic mass is 9.79. The molecule has 4 heteroatoms. The minimum atomic E-state index is 0. The van der Waals surface area contributed by atoms with Crippen LogP contribution in [0.3, 0.4) is 0 Å². The third kappa shape index (κ3) is 3.21.